The number of carbonyl (C=O) groups excluding carboxylic acids is 3. The molecule has 0 amide bonds. The second kappa shape index (κ2) is 63.8. The quantitative estimate of drug-likeness (QED) is 0.0261. The van der Waals surface area contributed by atoms with Gasteiger partial charge in [0.15, 0.2) is 6.10 Å². The third kappa shape index (κ3) is 62.0. The first-order valence-electron chi connectivity index (χ1n) is 31.3. The molecule has 0 saturated heterocycles. The van der Waals surface area contributed by atoms with E-state index in [2.05, 4.69) is 167 Å². The van der Waals surface area contributed by atoms with Crippen molar-refractivity contribution < 1.29 is 28.6 Å². The largest absolute Gasteiger partial charge is 0.462 e. The van der Waals surface area contributed by atoms with E-state index in [1.165, 1.54) is 83.5 Å². The number of esters is 3. The Morgan fingerprint density at radius 2 is 0.468 bits per heavy atom. The molecule has 0 rings (SSSR count). The van der Waals surface area contributed by atoms with Crippen molar-refractivity contribution >= 4 is 17.9 Å². The van der Waals surface area contributed by atoms with Crippen molar-refractivity contribution in [1.29, 1.82) is 0 Å². The highest BCUT2D eigenvalue weighted by atomic mass is 16.6. The molecule has 0 aromatic carbocycles. The Kier molecular flexibility index (Phi) is 59.9. The van der Waals surface area contributed by atoms with Crippen LogP contribution in [0.3, 0.4) is 0 Å². The molecule has 0 fully saturated rings. The van der Waals surface area contributed by atoms with Crippen LogP contribution in [0, 0.1) is 0 Å². The molecular weight excluding hydrogens is 949 g/mol. The summed E-state index contributed by atoms with van der Waals surface area (Å²) in [5, 5.41) is 0. The van der Waals surface area contributed by atoms with Gasteiger partial charge < -0.3 is 14.2 Å². The van der Waals surface area contributed by atoms with Crippen molar-refractivity contribution in [3.63, 3.8) is 0 Å². The van der Waals surface area contributed by atoms with E-state index in [9.17, 15) is 14.4 Å². The highest BCUT2D eigenvalue weighted by Crippen LogP contribution is 2.15. The fourth-order valence-electron chi connectivity index (χ4n) is 8.24. The third-order valence-corrected chi connectivity index (χ3v) is 12.8. The molecule has 0 aliphatic rings. The summed E-state index contributed by atoms with van der Waals surface area (Å²) in [5.41, 5.74) is 0. The molecule has 6 nitrogen and oxygen atoms in total. The molecular formula is C71H114O6. The Labute approximate surface area is 474 Å². The molecule has 1 atom stereocenters. The molecule has 0 aromatic rings. The van der Waals surface area contributed by atoms with Crippen LogP contribution in [0.25, 0.3) is 0 Å². The van der Waals surface area contributed by atoms with Crippen molar-refractivity contribution in [2.45, 2.75) is 271 Å². The van der Waals surface area contributed by atoms with E-state index in [4.69, 9.17) is 14.2 Å². The van der Waals surface area contributed by atoms with Crippen LogP contribution >= 0.6 is 0 Å². The average molecular weight is 1060 g/mol. The van der Waals surface area contributed by atoms with Crippen LogP contribution in [0.15, 0.2) is 146 Å². The minimum Gasteiger partial charge on any atom is -0.462 e. The van der Waals surface area contributed by atoms with Crippen LogP contribution in [0.5, 0.6) is 0 Å². The van der Waals surface area contributed by atoms with Gasteiger partial charge in [-0.15, -0.1) is 0 Å². The highest BCUT2D eigenvalue weighted by molar-refractivity contribution is 5.71. The first kappa shape index (κ1) is 72.3. The predicted molar refractivity (Wildman–Crippen MR) is 334 cm³/mol. The maximum Gasteiger partial charge on any atom is 0.306 e. The number of hydrogen-bond acceptors (Lipinski definition) is 6. The SMILES string of the molecule is CC/C=C\C/C=C\C/C=C\C/C=C\C/C=C\CCCCCCCCCCCCCCCCCC(=O)OCC(COC(=O)CCCCC/C=C\C/C=C\C/C=C\CC)OC(=O)CCCC/C=C\C/C=C\C/C=C\C/C=C\CC. The van der Waals surface area contributed by atoms with E-state index in [0.29, 0.717) is 19.3 Å². The summed E-state index contributed by atoms with van der Waals surface area (Å²) < 4.78 is 16.8. The van der Waals surface area contributed by atoms with Crippen LogP contribution in [0.2, 0.25) is 0 Å². The number of rotatable bonds is 55. The van der Waals surface area contributed by atoms with Crippen LogP contribution < -0.4 is 0 Å². The summed E-state index contributed by atoms with van der Waals surface area (Å²) in [5.74, 6) is -0.983. The van der Waals surface area contributed by atoms with Crippen molar-refractivity contribution in [3.8, 4) is 0 Å². The van der Waals surface area contributed by atoms with E-state index in [0.717, 1.165) is 135 Å². The summed E-state index contributed by atoms with van der Waals surface area (Å²) in [7, 11) is 0. The van der Waals surface area contributed by atoms with Gasteiger partial charge in [0.05, 0.1) is 0 Å². The van der Waals surface area contributed by atoms with Gasteiger partial charge in [0.1, 0.15) is 13.2 Å². The van der Waals surface area contributed by atoms with Gasteiger partial charge in [-0.25, -0.2) is 0 Å². The summed E-state index contributed by atoms with van der Waals surface area (Å²) in [4.78, 5) is 38.2. The van der Waals surface area contributed by atoms with Gasteiger partial charge in [-0.1, -0.05) is 256 Å². The zero-order chi connectivity index (χ0) is 55.7. The Morgan fingerprint density at radius 3 is 0.766 bits per heavy atom. The molecule has 0 saturated carbocycles. The second-order valence-corrected chi connectivity index (χ2v) is 20.2. The number of allylic oxidation sites excluding steroid dienone is 24. The Hall–Kier alpha value is -4.71. The van der Waals surface area contributed by atoms with E-state index in [1.54, 1.807) is 0 Å². The van der Waals surface area contributed by atoms with Gasteiger partial charge in [-0.05, 0) is 135 Å². The summed E-state index contributed by atoms with van der Waals surface area (Å²) in [6.07, 6.45) is 91.6. The molecule has 1 unspecified atom stereocenters. The van der Waals surface area contributed by atoms with Gasteiger partial charge in [0.25, 0.3) is 0 Å². The molecule has 6 heteroatoms. The van der Waals surface area contributed by atoms with E-state index >= 15 is 0 Å². The van der Waals surface area contributed by atoms with Crippen LogP contribution in [-0.4, -0.2) is 37.2 Å². The molecule has 0 aliphatic heterocycles. The van der Waals surface area contributed by atoms with Gasteiger partial charge >= 0.3 is 17.9 Å². The van der Waals surface area contributed by atoms with Crippen molar-refractivity contribution in [1.82, 2.24) is 0 Å². The lowest BCUT2D eigenvalue weighted by atomic mass is 10.0. The smallest absolute Gasteiger partial charge is 0.306 e. The number of ether oxygens (including phenoxy) is 3. The monoisotopic (exact) mass is 1060 g/mol. The summed E-state index contributed by atoms with van der Waals surface area (Å²) in [6.45, 7) is 6.23. The maximum absolute atomic E-state index is 12.8. The van der Waals surface area contributed by atoms with Crippen molar-refractivity contribution in [2.24, 2.45) is 0 Å². The number of hydrogen-bond donors (Lipinski definition) is 0. The first-order chi connectivity index (χ1) is 38.0. The van der Waals surface area contributed by atoms with E-state index in [1.807, 2.05) is 0 Å². The van der Waals surface area contributed by atoms with E-state index in [-0.39, 0.29) is 37.5 Å². The van der Waals surface area contributed by atoms with Gasteiger partial charge in [0, 0.05) is 19.3 Å². The van der Waals surface area contributed by atoms with Crippen LogP contribution in [0.1, 0.15) is 265 Å². The molecule has 77 heavy (non-hydrogen) atoms. The third-order valence-electron chi connectivity index (χ3n) is 12.8. The number of unbranched alkanes of at least 4 members (excludes halogenated alkanes) is 20. The first-order valence-corrected chi connectivity index (χ1v) is 31.3. The molecule has 0 heterocycles. The Balaban J connectivity index is 4.27. The van der Waals surface area contributed by atoms with Crippen molar-refractivity contribution in [2.75, 3.05) is 13.2 Å². The lowest BCUT2D eigenvalue weighted by Crippen LogP contribution is -2.30. The van der Waals surface area contributed by atoms with Gasteiger partial charge in [0.2, 0.25) is 0 Å². The van der Waals surface area contributed by atoms with Gasteiger partial charge in [-0.2, -0.15) is 0 Å². The zero-order valence-electron chi connectivity index (χ0n) is 49.7. The van der Waals surface area contributed by atoms with E-state index < -0.39 is 6.10 Å². The fraction of sp³-hybridized carbons (Fsp3) is 0.620. The normalized spacial score (nSPS) is 13.1. The summed E-state index contributed by atoms with van der Waals surface area (Å²) in [6, 6.07) is 0. The minimum atomic E-state index is -0.817. The molecule has 0 radical (unpaired) electrons. The molecule has 0 aliphatic carbocycles. The summed E-state index contributed by atoms with van der Waals surface area (Å²) >= 11 is 0. The Bertz CT molecular complexity index is 1700. The lowest BCUT2D eigenvalue weighted by Gasteiger charge is -2.18. The highest BCUT2D eigenvalue weighted by Gasteiger charge is 2.19. The van der Waals surface area contributed by atoms with Crippen molar-refractivity contribution in [3.05, 3.63) is 146 Å². The average Bonchev–Trinajstić information content (AvgIpc) is 3.43. The molecule has 0 aromatic heterocycles. The minimum absolute atomic E-state index is 0.108. The van der Waals surface area contributed by atoms with Crippen LogP contribution in [0.4, 0.5) is 0 Å². The lowest BCUT2D eigenvalue weighted by molar-refractivity contribution is -0.167. The maximum atomic E-state index is 12.8. The standard InChI is InChI=1S/C71H114O6/c1-4-7-10-13-16-19-22-25-27-28-29-30-31-32-33-34-35-36-37-38-39-40-41-42-44-46-49-52-55-58-61-64-70(73)76-67-68(66-75-69(72)63-60-57-54-51-48-45-24-21-18-15-12-9-6-3)77-71(74)65-62-59-56-53-50-47-43-26-23-20-17-14-11-8-5-2/h7-12,16-21,25-27,29-30,32-33,43,45,48,50,53,68H,4-6,13-15,22-24,28,31,34-42,44,46-47,49,51-52,54-67H2,1-3H3/b10-7-,11-8-,12-9-,19-16-,20-17-,21-18-,27-25-,30-29-,33-32-,43-26-,48-45-,53-50-. The molecule has 0 spiro atoms. The predicted octanol–water partition coefficient (Wildman–Crippen LogP) is 21.5. The van der Waals surface area contributed by atoms with Gasteiger partial charge in [-0.3, -0.25) is 14.4 Å². The topological polar surface area (TPSA) is 78.9 Å². The molecule has 434 valence electrons. The molecule has 0 N–H and O–H groups in total. The molecule has 0 bridgehead atoms. The zero-order valence-corrected chi connectivity index (χ0v) is 49.7. The van der Waals surface area contributed by atoms with Crippen LogP contribution in [-0.2, 0) is 28.6 Å². The number of carbonyl (C=O) groups is 3. The second-order valence-electron chi connectivity index (χ2n) is 20.2. The fourth-order valence-corrected chi connectivity index (χ4v) is 8.24. The Morgan fingerprint density at radius 1 is 0.260 bits per heavy atom.